The Labute approximate surface area is 194 Å². The monoisotopic (exact) mass is 455 g/mol. The summed E-state index contributed by atoms with van der Waals surface area (Å²) in [6.45, 7) is 19.4. The Bertz CT molecular complexity index is 659. The standard InChI is InChI=1S/C25H45NO6/c1-18(16-30-21(28)14-23(2,3)4)20(31-17-32-22(29)24(5,6)7)13-11-12-19(27)15-26-25(8,9)10/h11,13,19,26-27H,12,14-17H2,1-10H3/b13-11-,20-18-. The van der Waals surface area contributed by atoms with Gasteiger partial charge in [-0.1, -0.05) is 26.8 Å². The van der Waals surface area contributed by atoms with Crippen LogP contribution in [0.3, 0.4) is 0 Å². The fourth-order valence-electron chi connectivity index (χ4n) is 2.26. The molecular formula is C25H45NO6. The minimum Gasteiger partial charge on any atom is -0.461 e. The smallest absolute Gasteiger partial charge is 0.314 e. The molecule has 0 aliphatic carbocycles. The highest BCUT2D eigenvalue weighted by Crippen LogP contribution is 2.20. The molecule has 0 aromatic rings. The lowest BCUT2D eigenvalue weighted by molar-refractivity contribution is -0.162. The van der Waals surface area contributed by atoms with E-state index < -0.39 is 11.5 Å². The third-order valence-electron chi connectivity index (χ3n) is 4.11. The molecule has 2 N–H and O–H groups in total. The summed E-state index contributed by atoms with van der Waals surface area (Å²) in [5, 5.41) is 13.4. The lowest BCUT2D eigenvalue weighted by Crippen LogP contribution is -2.40. The van der Waals surface area contributed by atoms with Crippen LogP contribution in [0.25, 0.3) is 0 Å². The van der Waals surface area contributed by atoms with Crippen LogP contribution in [0, 0.1) is 10.8 Å². The van der Waals surface area contributed by atoms with Gasteiger partial charge < -0.3 is 24.6 Å². The van der Waals surface area contributed by atoms with Crippen molar-refractivity contribution in [2.75, 3.05) is 19.9 Å². The van der Waals surface area contributed by atoms with E-state index in [2.05, 4.69) is 5.32 Å². The largest absolute Gasteiger partial charge is 0.461 e. The molecular weight excluding hydrogens is 410 g/mol. The molecule has 0 rings (SSSR count). The van der Waals surface area contributed by atoms with Crippen molar-refractivity contribution >= 4 is 11.9 Å². The molecule has 0 fully saturated rings. The van der Waals surface area contributed by atoms with E-state index in [1.165, 1.54) is 0 Å². The van der Waals surface area contributed by atoms with Crippen LogP contribution >= 0.6 is 0 Å². The normalized spacial score (nSPS) is 14.7. The Kier molecular flexibility index (Phi) is 12.2. The Morgan fingerprint density at radius 2 is 1.56 bits per heavy atom. The van der Waals surface area contributed by atoms with E-state index in [0.29, 0.717) is 30.7 Å². The predicted molar refractivity (Wildman–Crippen MR) is 127 cm³/mol. The first-order valence-electron chi connectivity index (χ1n) is 11.2. The van der Waals surface area contributed by atoms with Crippen molar-refractivity contribution in [3.63, 3.8) is 0 Å². The molecule has 0 saturated carbocycles. The first-order chi connectivity index (χ1) is 14.4. The van der Waals surface area contributed by atoms with Gasteiger partial charge in [0.1, 0.15) is 12.4 Å². The lowest BCUT2D eigenvalue weighted by Gasteiger charge is -2.22. The highest BCUT2D eigenvalue weighted by Gasteiger charge is 2.23. The number of aliphatic hydroxyl groups is 1. The Balaban J connectivity index is 5.10. The lowest BCUT2D eigenvalue weighted by atomic mass is 9.92. The molecule has 0 aromatic carbocycles. The van der Waals surface area contributed by atoms with Crippen LogP contribution in [0.1, 0.15) is 82.1 Å². The number of β-amino-alcohol motifs (C(OH)–C–C–N with tert-alkyl or cyclic N) is 1. The van der Waals surface area contributed by atoms with Crippen LogP contribution < -0.4 is 5.32 Å². The molecule has 0 heterocycles. The Morgan fingerprint density at radius 3 is 2.06 bits per heavy atom. The fraction of sp³-hybridized carbons (Fsp3) is 0.760. The first kappa shape index (κ1) is 30.1. The zero-order valence-electron chi connectivity index (χ0n) is 21.8. The second-order valence-electron chi connectivity index (χ2n) is 11.4. The van der Waals surface area contributed by atoms with Crippen LogP contribution in [0.5, 0.6) is 0 Å². The van der Waals surface area contributed by atoms with Crippen LogP contribution in [0.4, 0.5) is 0 Å². The summed E-state index contributed by atoms with van der Waals surface area (Å²) in [6, 6.07) is 0. The summed E-state index contributed by atoms with van der Waals surface area (Å²) >= 11 is 0. The highest BCUT2D eigenvalue weighted by molar-refractivity contribution is 5.75. The van der Waals surface area contributed by atoms with E-state index in [-0.39, 0.29) is 36.3 Å². The van der Waals surface area contributed by atoms with Crippen molar-refractivity contribution in [3.8, 4) is 0 Å². The molecule has 0 aliphatic rings. The van der Waals surface area contributed by atoms with Gasteiger partial charge in [0.05, 0.1) is 17.9 Å². The number of allylic oxidation sites excluding steroid dienone is 1. The zero-order chi connectivity index (χ0) is 25.2. The maximum atomic E-state index is 12.0. The van der Waals surface area contributed by atoms with Gasteiger partial charge in [-0.3, -0.25) is 9.59 Å². The van der Waals surface area contributed by atoms with Crippen LogP contribution in [0.2, 0.25) is 0 Å². The zero-order valence-corrected chi connectivity index (χ0v) is 21.8. The third-order valence-corrected chi connectivity index (χ3v) is 4.11. The topological polar surface area (TPSA) is 94.1 Å². The number of nitrogens with one attached hydrogen (secondary N) is 1. The maximum absolute atomic E-state index is 12.0. The third kappa shape index (κ3) is 15.9. The van der Waals surface area contributed by atoms with Crippen molar-refractivity contribution in [2.45, 2.75) is 93.7 Å². The average molecular weight is 456 g/mol. The highest BCUT2D eigenvalue weighted by atomic mass is 16.7. The Hall–Kier alpha value is -1.86. The molecule has 0 aliphatic heterocycles. The van der Waals surface area contributed by atoms with Crippen molar-refractivity contribution in [1.29, 1.82) is 0 Å². The molecule has 1 atom stereocenters. The Morgan fingerprint density at radius 1 is 0.969 bits per heavy atom. The molecule has 7 nitrogen and oxygen atoms in total. The summed E-state index contributed by atoms with van der Waals surface area (Å²) in [6.07, 6.45) is 3.65. The van der Waals surface area contributed by atoms with Crippen LogP contribution in [-0.4, -0.2) is 48.6 Å². The minimum atomic E-state index is -0.634. The number of hydrogen-bond acceptors (Lipinski definition) is 7. The van der Waals surface area contributed by atoms with E-state index in [9.17, 15) is 14.7 Å². The van der Waals surface area contributed by atoms with Crippen LogP contribution in [0.15, 0.2) is 23.5 Å². The van der Waals surface area contributed by atoms with Gasteiger partial charge in [0.25, 0.3) is 0 Å². The molecule has 7 heteroatoms. The summed E-state index contributed by atoms with van der Waals surface area (Å²) in [4.78, 5) is 24.0. The predicted octanol–water partition coefficient (Wildman–Crippen LogP) is 4.50. The number of hydrogen-bond donors (Lipinski definition) is 2. The van der Waals surface area contributed by atoms with Gasteiger partial charge in [-0.05, 0) is 66.4 Å². The quantitative estimate of drug-likeness (QED) is 0.205. The van der Waals surface area contributed by atoms with Gasteiger partial charge in [-0.15, -0.1) is 0 Å². The summed E-state index contributed by atoms with van der Waals surface area (Å²) in [7, 11) is 0. The number of aliphatic hydroxyl groups excluding tert-OH is 1. The molecule has 0 spiro atoms. The van der Waals surface area contributed by atoms with Crippen molar-refractivity contribution in [2.24, 2.45) is 10.8 Å². The molecule has 32 heavy (non-hydrogen) atoms. The van der Waals surface area contributed by atoms with Gasteiger partial charge in [0, 0.05) is 17.7 Å². The summed E-state index contributed by atoms with van der Waals surface area (Å²) in [5.41, 5.74) is -0.196. The molecule has 0 bridgehead atoms. The number of carbonyl (C=O) groups excluding carboxylic acids is 2. The SMILES string of the molecule is C/C(COC(=O)CC(C)(C)C)=C(\C=C/CC(O)CNC(C)(C)C)OCOC(=O)C(C)(C)C. The van der Waals surface area contributed by atoms with E-state index >= 15 is 0 Å². The van der Waals surface area contributed by atoms with E-state index in [0.717, 1.165) is 0 Å². The van der Waals surface area contributed by atoms with E-state index in [1.54, 1.807) is 39.8 Å². The molecule has 186 valence electrons. The second kappa shape index (κ2) is 13.0. The molecule has 1 unspecified atom stereocenters. The van der Waals surface area contributed by atoms with Gasteiger partial charge in [0.2, 0.25) is 6.79 Å². The summed E-state index contributed by atoms with van der Waals surface area (Å²) in [5.74, 6) is -0.229. The van der Waals surface area contributed by atoms with Gasteiger partial charge in [-0.25, -0.2) is 0 Å². The van der Waals surface area contributed by atoms with Gasteiger partial charge >= 0.3 is 11.9 Å². The number of ether oxygens (including phenoxy) is 3. The number of esters is 2. The van der Waals surface area contributed by atoms with Crippen molar-refractivity contribution in [1.82, 2.24) is 5.32 Å². The van der Waals surface area contributed by atoms with E-state index in [1.807, 2.05) is 41.5 Å². The number of rotatable bonds is 11. The van der Waals surface area contributed by atoms with Crippen LogP contribution in [-0.2, 0) is 23.8 Å². The van der Waals surface area contributed by atoms with Gasteiger partial charge in [-0.2, -0.15) is 0 Å². The molecule has 0 aromatic heterocycles. The first-order valence-corrected chi connectivity index (χ1v) is 11.2. The fourth-order valence-corrected chi connectivity index (χ4v) is 2.26. The number of carbonyl (C=O) groups is 2. The molecule has 0 amide bonds. The summed E-state index contributed by atoms with van der Waals surface area (Å²) < 4.78 is 16.2. The molecule has 0 saturated heterocycles. The van der Waals surface area contributed by atoms with E-state index in [4.69, 9.17) is 14.2 Å². The van der Waals surface area contributed by atoms with Gasteiger partial charge in [0.15, 0.2) is 0 Å². The van der Waals surface area contributed by atoms with Crippen molar-refractivity contribution in [3.05, 3.63) is 23.5 Å². The minimum absolute atomic E-state index is 0.0654. The average Bonchev–Trinajstić information content (AvgIpc) is 2.60. The maximum Gasteiger partial charge on any atom is 0.314 e. The second-order valence-corrected chi connectivity index (χ2v) is 11.4. The molecule has 0 radical (unpaired) electrons. The van der Waals surface area contributed by atoms with Crippen molar-refractivity contribution < 1.29 is 28.9 Å².